The van der Waals surface area contributed by atoms with Crippen LogP contribution in [0.25, 0.3) is 0 Å². The second kappa shape index (κ2) is 3.65. The number of benzene rings is 1. The molecule has 2 N–H and O–H groups in total. The smallest absolute Gasteiger partial charge is 0.148 e. The third-order valence-corrected chi connectivity index (χ3v) is 3.46. The third kappa shape index (κ3) is 1.99. The van der Waals surface area contributed by atoms with Crippen LogP contribution in [-0.2, 0) is 0 Å². The SMILES string of the molecule is CC(C)(C)C1CN(c2ccc(N)c(F)c2)C1. The van der Waals surface area contributed by atoms with Crippen LogP contribution in [0.2, 0.25) is 0 Å². The first-order valence-electron chi connectivity index (χ1n) is 5.68. The summed E-state index contributed by atoms with van der Waals surface area (Å²) in [6.45, 7) is 8.76. The summed E-state index contributed by atoms with van der Waals surface area (Å²) in [6, 6.07) is 5.04. The van der Waals surface area contributed by atoms with Crippen LogP contribution >= 0.6 is 0 Å². The van der Waals surface area contributed by atoms with Crippen LogP contribution in [0.5, 0.6) is 0 Å². The van der Waals surface area contributed by atoms with Gasteiger partial charge in [0.15, 0.2) is 0 Å². The van der Waals surface area contributed by atoms with E-state index in [0.717, 1.165) is 18.8 Å². The van der Waals surface area contributed by atoms with Crippen LogP contribution in [0.3, 0.4) is 0 Å². The summed E-state index contributed by atoms with van der Waals surface area (Å²) in [7, 11) is 0. The van der Waals surface area contributed by atoms with E-state index in [1.54, 1.807) is 6.07 Å². The standard InChI is InChI=1S/C13H19FN2/c1-13(2,3)9-7-16(8-9)10-4-5-12(15)11(14)6-10/h4-6,9H,7-8,15H2,1-3H3. The molecule has 1 aromatic rings. The van der Waals surface area contributed by atoms with Gasteiger partial charge in [-0.15, -0.1) is 0 Å². The number of nitrogen functional groups attached to an aromatic ring is 1. The van der Waals surface area contributed by atoms with Gasteiger partial charge in [-0.25, -0.2) is 4.39 Å². The van der Waals surface area contributed by atoms with E-state index in [2.05, 4.69) is 25.7 Å². The number of anilines is 2. The average Bonchev–Trinajstić information content (AvgIpc) is 2.06. The lowest BCUT2D eigenvalue weighted by atomic mass is 9.76. The van der Waals surface area contributed by atoms with Gasteiger partial charge in [-0.2, -0.15) is 0 Å². The molecule has 2 nitrogen and oxygen atoms in total. The molecule has 1 saturated heterocycles. The molecule has 1 aliphatic rings. The Bertz CT molecular complexity index is 389. The van der Waals surface area contributed by atoms with Gasteiger partial charge in [0.05, 0.1) is 5.69 Å². The van der Waals surface area contributed by atoms with E-state index in [-0.39, 0.29) is 11.5 Å². The van der Waals surface area contributed by atoms with E-state index in [1.165, 1.54) is 6.07 Å². The molecule has 1 aromatic carbocycles. The van der Waals surface area contributed by atoms with E-state index in [0.29, 0.717) is 11.3 Å². The first-order valence-corrected chi connectivity index (χ1v) is 5.68. The van der Waals surface area contributed by atoms with Crippen LogP contribution in [0.15, 0.2) is 18.2 Å². The van der Waals surface area contributed by atoms with Crippen molar-refractivity contribution in [1.29, 1.82) is 0 Å². The molecule has 0 bridgehead atoms. The number of nitrogens with zero attached hydrogens (tertiary/aromatic N) is 1. The first kappa shape index (κ1) is 11.2. The summed E-state index contributed by atoms with van der Waals surface area (Å²) in [6.07, 6.45) is 0. The maximum absolute atomic E-state index is 13.3. The molecule has 16 heavy (non-hydrogen) atoms. The van der Waals surface area contributed by atoms with Crippen molar-refractivity contribution in [1.82, 2.24) is 0 Å². The fourth-order valence-corrected chi connectivity index (χ4v) is 1.95. The van der Waals surface area contributed by atoms with Crippen molar-refractivity contribution in [2.24, 2.45) is 11.3 Å². The van der Waals surface area contributed by atoms with Crippen molar-refractivity contribution in [2.75, 3.05) is 23.7 Å². The Morgan fingerprint density at radius 1 is 1.31 bits per heavy atom. The second-order valence-corrected chi connectivity index (χ2v) is 5.67. The summed E-state index contributed by atoms with van der Waals surface area (Å²) in [4.78, 5) is 2.19. The highest BCUT2D eigenvalue weighted by atomic mass is 19.1. The molecule has 0 radical (unpaired) electrons. The molecule has 0 aliphatic carbocycles. The van der Waals surface area contributed by atoms with E-state index in [1.807, 2.05) is 6.07 Å². The number of rotatable bonds is 1. The van der Waals surface area contributed by atoms with Crippen molar-refractivity contribution >= 4 is 11.4 Å². The molecule has 0 atom stereocenters. The van der Waals surface area contributed by atoms with Gasteiger partial charge < -0.3 is 10.6 Å². The molecule has 1 fully saturated rings. The fraction of sp³-hybridized carbons (Fsp3) is 0.538. The summed E-state index contributed by atoms with van der Waals surface area (Å²) in [5.41, 5.74) is 6.94. The minimum atomic E-state index is -0.322. The molecule has 1 aliphatic heterocycles. The molecule has 0 saturated carbocycles. The summed E-state index contributed by atoms with van der Waals surface area (Å²) in [5, 5.41) is 0. The van der Waals surface area contributed by atoms with Crippen LogP contribution in [-0.4, -0.2) is 13.1 Å². The number of hydrogen-bond acceptors (Lipinski definition) is 2. The molecular formula is C13H19FN2. The quantitative estimate of drug-likeness (QED) is 0.740. The molecular weight excluding hydrogens is 203 g/mol. The average molecular weight is 222 g/mol. The van der Waals surface area contributed by atoms with Gasteiger partial charge in [-0.05, 0) is 29.5 Å². The lowest BCUT2D eigenvalue weighted by Crippen LogP contribution is -2.52. The van der Waals surface area contributed by atoms with Crippen molar-refractivity contribution < 1.29 is 4.39 Å². The van der Waals surface area contributed by atoms with E-state index < -0.39 is 0 Å². The Morgan fingerprint density at radius 2 is 1.94 bits per heavy atom. The Labute approximate surface area is 96.2 Å². The molecule has 0 amide bonds. The van der Waals surface area contributed by atoms with Gasteiger partial charge in [-0.3, -0.25) is 0 Å². The van der Waals surface area contributed by atoms with Gasteiger partial charge in [0, 0.05) is 18.8 Å². The zero-order chi connectivity index (χ0) is 11.9. The summed E-state index contributed by atoms with van der Waals surface area (Å²) in [5.74, 6) is 0.366. The van der Waals surface area contributed by atoms with Gasteiger partial charge in [0.1, 0.15) is 5.82 Å². The summed E-state index contributed by atoms with van der Waals surface area (Å²) < 4.78 is 13.3. The largest absolute Gasteiger partial charge is 0.396 e. The van der Waals surface area contributed by atoms with Crippen LogP contribution in [0, 0.1) is 17.2 Å². The maximum Gasteiger partial charge on any atom is 0.148 e. The monoisotopic (exact) mass is 222 g/mol. The number of halogens is 1. The molecule has 0 spiro atoms. The van der Waals surface area contributed by atoms with Gasteiger partial charge >= 0.3 is 0 Å². The Kier molecular flexibility index (Phi) is 2.56. The van der Waals surface area contributed by atoms with E-state index >= 15 is 0 Å². The minimum Gasteiger partial charge on any atom is -0.396 e. The fourth-order valence-electron chi connectivity index (χ4n) is 1.95. The number of nitrogens with two attached hydrogens (primary N) is 1. The Hall–Kier alpha value is -1.25. The van der Waals surface area contributed by atoms with Crippen LogP contribution in [0.1, 0.15) is 20.8 Å². The van der Waals surface area contributed by atoms with Gasteiger partial charge in [0.25, 0.3) is 0 Å². The van der Waals surface area contributed by atoms with Crippen molar-refractivity contribution in [2.45, 2.75) is 20.8 Å². The minimum absolute atomic E-state index is 0.219. The predicted octanol–water partition coefficient (Wildman–Crippen LogP) is 2.89. The second-order valence-electron chi connectivity index (χ2n) is 5.67. The van der Waals surface area contributed by atoms with Crippen LogP contribution < -0.4 is 10.6 Å². The van der Waals surface area contributed by atoms with Gasteiger partial charge in [-0.1, -0.05) is 20.8 Å². The normalized spacial score (nSPS) is 17.4. The third-order valence-electron chi connectivity index (χ3n) is 3.46. The molecule has 1 heterocycles. The van der Waals surface area contributed by atoms with Crippen molar-refractivity contribution in [3.8, 4) is 0 Å². The highest BCUT2D eigenvalue weighted by Gasteiger charge is 2.35. The van der Waals surface area contributed by atoms with E-state index in [9.17, 15) is 4.39 Å². The Morgan fingerprint density at radius 3 is 2.44 bits per heavy atom. The molecule has 0 unspecified atom stereocenters. The molecule has 3 heteroatoms. The van der Waals surface area contributed by atoms with Crippen molar-refractivity contribution in [3.63, 3.8) is 0 Å². The van der Waals surface area contributed by atoms with Gasteiger partial charge in [0.2, 0.25) is 0 Å². The lowest BCUT2D eigenvalue weighted by Gasteiger charge is -2.47. The highest BCUT2D eigenvalue weighted by Crippen LogP contribution is 2.36. The Balaban J connectivity index is 2.04. The highest BCUT2D eigenvalue weighted by molar-refractivity contribution is 5.55. The zero-order valence-electron chi connectivity index (χ0n) is 10.1. The van der Waals surface area contributed by atoms with E-state index in [4.69, 9.17) is 5.73 Å². The predicted molar refractivity (Wildman–Crippen MR) is 66.0 cm³/mol. The molecule has 0 aromatic heterocycles. The number of hydrogen-bond donors (Lipinski definition) is 1. The van der Waals surface area contributed by atoms with Crippen LogP contribution in [0.4, 0.5) is 15.8 Å². The zero-order valence-corrected chi connectivity index (χ0v) is 10.1. The molecule has 88 valence electrons. The maximum atomic E-state index is 13.3. The lowest BCUT2D eigenvalue weighted by molar-refractivity contribution is 0.195. The van der Waals surface area contributed by atoms with Crippen molar-refractivity contribution in [3.05, 3.63) is 24.0 Å². The molecule has 2 rings (SSSR count). The topological polar surface area (TPSA) is 29.3 Å². The summed E-state index contributed by atoms with van der Waals surface area (Å²) >= 11 is 0. The first-order chi connectivity index (χ1) is 7.38.